The Morgan fingerprint density at radius 1 is 1.09 bits per heavy atom. The maximum absolute atomic E-state index is 14.7. The Hall–Kier alpha value is -6.24. The van der Waals surface area contributed by atoms with Crippen LogP contribution in [0.25, 0.3) is 33.3 Å². The predicted octanol–water partition coefficient (Wildman–Crippen LogP) is 5.42. The smallest absolute Gasteiger partial charge is 0.324 e. The highest BCUT2D eigenvalue weighted by atomic mass is 16.5. The Morgan fingerprint density at radius 3 is 2.58 bits per heavy atom. The molecule has 2 aromatic carbocycles. The number of aromatic nitrogens is 2. The second-order valence-corrected chi connectivity index (χ2v) is 19.1. The quantitative estimate of drug-likeness (QED) is 0.146. The molecule has 0 unspecified atom stereocenters. The van der Waals surface area contributed by atoms with Crippen LogP contribution < -0.4 is 10.7 Å². The molecule has 15 nitrogen and oxygen atoms in total. The van der Waals surface area contributed by atoms with E-state index in [0.717, 1.165) is 38.9 Å². The molecule has 66 heavy (non-hydrogen) atoms. The number of amides is 4. The Labute approximate surface area is 387 Å². The van der Waals surface area contributed by atoms with Gasteiger partial charge in [-0.25, -0.2) is 5.43 Å². The number of aromatic hydroxyl groups is 1. The van der Waals surface area contributed by atoms with E-state index in [9.17, 15) is 29.1 Å². The molecule has 5 atom stereocenters. The third-order valence-corrected chi connectivity index (χ3v) is 13.4. The molecule has 5 heterocycles. The van der Waals surface area contributed by atoms with Gasteiger partial charge in [0.1, 0.15) is 23.9 Å². The van der Waals surface area contributed by atoms with Gasteiger partial charge in [-0.1, -0.05) is 39.8 Å². The van der Waals surface area contributed by atoms with Gasteiger partial charge in [0, 0.05) is 81.0 Å². The molecular formula is C51H63N7O8. The van der Waals surface area contributed by atoms with Gasteiger partial charge in [0.25, 0.3) is 11.8 Å². The molecule has 3 N–H and O–H groups in total. The summed E-state index contributed by atoms with van der Waals surface area (Å²) in [6.07, 6.45) is 10.6. The summed E-state index contributed by atoms with van der Waals surface area (Å²) in [5.74, 6) is -1.13. The summed E-state index contributed by atoms with van der Waals surface area (Å²) in [5, 5.41) is 16.7. The molecule has 0 saturated carbocycles. The van der Waals surface area contributed by atoms with Crippen molar-refractivity contribution < 1.29 is 38.6 Å². The minimum atomic E-state index is -1.18. The molecule has 6 bridgehead atoms. The third-order valence-electron chi connectivity index (χ3n) is 13.4. The number of likely N-dealkylation sites (N-methyl/N-ethyl adjacent to an activating group) is 1. The van der Waals surface area contributed by atoms with E-state index in [0.29, 0.717) is 49.9 Å². The van der Waals surface area contributed by atoms with Gasteiger partial charge >= 0.3 is 5.97 Å². The van der Waals surface area contributed by atoms with Gasteiger partial charge in [0.2, 0.25) is 11.8 Å². The normalized spacial score (nSPS) is 20.9. The molecule has 2 aromatic heterocycles. The number of fused-ring (bicyclic) bond motifs is 6. The molecule has 2 saturated heterocycles. The average Bonchev–Trinajstić information content (AvgIpc) is 3.92. The number of carbonyl (C=O) groups is 5. The molecule has 3 aliphatic rings. The van der Waals surface area contributed by atoms with Crippen LogP contribution in [0.15, 0.2) is 54.9 Å². The van der Waals surface area contributed by atoms with Crippen molar-refractivity contribution in [3.8, 4) is 40.5 Å². The maximum Gasteiger partial charge on any atom is 0.324 e. The molecule has 4 aromatic rings. The van der Waals surface area contributed by atoms with Crippen LogP contribution >= 0.6 is 0 Å². The zero-order chi connectivity index (χ0) is 47.6. The summed E-state index contributed by atoms with van der Waals surface area (Å²) in [6.45, 7) is 13.4. The number of esters is 1. The highest BCUT2D eigenvalue weighted by Crippen LogP contribution is 2.42. The number of nitrogens with zero attached hydrogens (tertiary/aromatic N) is 5. The first-order chi connectivity index (χ1) is 31.4. The zero-order valence-corrected chi connectivity index (χ0v) is 39.3. The lowest BCUT2D eigenvalue weighted by Crippen LogP contribution is -2.62. The van der Waals surface area contributed by atoms with E-state index < -0.39 is 53.1 Å². The summed E-state index contributed by atoms with van der Waals surface area (Å²) < 4.78 is 14.2. The van der Waals surface area contributed by atoms with Crippen LogP contribution in [-0.4, -0.2) is 118 Å². The first kappa shape index (κ1) is 47.7. The molecule has 3 aliphatic heterocycles. The predicted molar refractivity (Wildman–Crippen MR) is 250 cm³/mol. The highest BCUT2D eigenvalue weighted by molar-refractivity contribution is 5.97. The van der Waals surface area contributed by atoms with E-state index in [1.165, 1.54) is 14.8 Å². The van der Waals surface area contributed by atoms with Gasteiger partial charge < -0.3 is 34.3 Å². The number of carbonyl (C=O) groups excluding carboxylic acids is 5. The van der Waals surface area contributed by atoms with Crippen molar-refractivity contribution in [1.82, 2.24) is 35.1 Å². The van der Waals surface area contributed by atoms with Crippen molar-refractivity contribution >= 4 is 40.5 Å². The number of hydrogen-bond donors (Lipinski definition) is 3. The van der Waals surface area contributed by atoms with Crippen LogP contribution in [0.4, 0.5) is 0 Å². The van der Waals surface area contributed by atoms with E-state index in [-0.39, 0.29) is 49.8 Å². The van der Waals surface area contributed by atoms with E-state index in [2.05, 4.69) is 59.1 Å². The summed E-state index contributed by atoms with van der Waals surface area (Å²) in [4.78, 5) is 76.6. The molecule has 15 heteroatoms. The molecule has 350 valence electrons. The van der Waals surface area contributed by atoms with E-state index in [4.69, 9.17) is 15.9 Å². The molecule has 7 rings (SSSR count). The number of aryl methyl sites for hydroxylation is 1. The standard InChI is InChI=1S/C51H63N7O8/c1-10-44(60)56-20-17-34(28-56)48(62)55(8)45(30(3)4)47(61)53-42-23-32-21-35(24-36(59)22-32)33-14-15-43-38(25-33)39(46(57(43)11-2)40-27-52-18-16-37(40)31(5)65-9)26-51(6,7)29-66-50(64)41-13-12-19-58(54-41)49(42)63/h1,14-16,18,21-22,24-25,27,30-31,34,41-42,45,54,59H,11-13,17,19-20,23,26,28-29H2,2-9H3,(H,53,61)/t31-,34-,41-,42-,45-/m0/s1. The fourth-order valence-electron chi connectivity index (χ4n) is 9.94. The van der Waals surface area contributed by atoms with E-state index in [1.54, 1.807) is 32.5 Å². The van der Waals surface area contributed by atoms with Gasteiger partial charge in [-0.05, 0) is 110 Å². The monoisotopic (exact) mass is 901 g/mol. The molecule has 2 fully saturated rings. The number of terminal acetylenes is 1. The lowest BCUT2D eigenvalue weighted by Gasteiger charge is -2.37. The maximum atomic E-state index is 14.7. The molecular weight excluding hydrogens is 839 g/mol. The SMILES string of the molecule is C#CC(=O)N1CC[C@H](C(=O)N(C)[C@H](C(=O)N[C@H]2Cc3cc(O)cc(c3)-c3ccc4c(c3)c(c(-c3cnccc3[C@H](C)OC)n4CC)CC(C)(C)COC(=O)[C@@H]3CCCN(N3)C2=O)C(C)C)C1. The van der Waals surface area contributed by atoms with Crippen molar-refractivity contribution in [3.63, 3.8) is 0 Å². The van der Waals surface area contributed by atoms with Crippen LogP contribution in [0.3, 0.4) is 0 Å². The summed E-state index contributed by atoms with van der Waals surface area (Å²) >= 11 is 0. The number of rotatable bonds is 9. The Balaban J connectivity index is 1.31. The number of phenols is 1. The van der Waals surface area contributed by atoms with Crippen molar-refractivity contribution in [1.29, 1.82) is 0 Å². The van der Waals surface area contributed by atoms with Gasteiger partial charge in [-0.2, -0.15) is 0 Å². The molecule has 4 amide bonds. The number of benzene rings is 2. The van der Waals surface area contributed by atoms with Crippen LogP contribution in [0.5, 0.6) is 5.75 Å². The van der Waals surface area contributed by atoms with Crippen molar-refractivity contribution in [3.05, 3.63) is 71.5 Å². The Kier molecular flexibility index (Phi) is 14.2. The first-order valence-corrected chi connectivity index (χ1v) is 23.0. The number of ether oxygens (including phenoxy) is 2. The van der Waals surface area contributed by atoms with E-state index >= 15 is 0 Å². The fourth-order valence-corrected chi connectivity index (χ4v) is 9.94. The number of hydrazine groups is 1. The van der Waals surface area contributed by atoms with Crippen molar-refractivity contribution in [2.75, 3.05) is 40.4 Å². The number of nitrogens with one attached hydrogen (secondary N) is 2. The molecule has 0 radical (unpaired) electrons. The number of pyridine rings is 1. The minimum absolute atomic E-state index is 0.0190. The summed E-state index contributed by atoms with van der Waals surface area (Å²) in [6, 6.07) is 10.4. The number of likely N-dealkylation sites (tertiary alicyclic amines) is 1. The number of phenolic OH excluding ortho intramolecular Hbond substituents is 1. The number of methoxy groups -OCH3 is 1. The van der Waals surface area contributed by atoms with E-state index in [1.807, 2.05) is 45.2 Å². The fraction of sp³-hybridized carbons (Fsp3) is 0.490. The van der Waals surface area contributed by atoms with Crippen molar-refractivity contribution in [2.24, 2.45) is 17.3 Å². The Morgan fingerprint density at radius 2 is 1.86 bits per heavy atom. The lowest BCUT2D eigenvalue weighted by molar-refractivity contribution is -0.155. The highest BCUT2D eigenvalue weighted by Gasteiger charge is 2.40. The second-order valence-electron chi connectivity index (χ2n) is 19.1. The van der Waals surface area contributed by atoms with Gasteiger partial charge in [0.05, 0.1) is 24.3 Å². The zero-order valence-electron chi connectivity index (χ0n) is 39.3. The second kappa shape index (κ2) is 19.7. The minimum Gasteiger partial charge on any atom is -0.508 e. The van der Waals surface area contributed by atoms with Gasteiger partial charge in [-0.3, -0.25) is 34.0 Å². The average molecular weight is 902 g/mol. The molecule has 0 aliphatic carbocycles. The first-order valence-electron chi connectivity index (χ1n) is 23.0. The Bertz CT molecular complexity index is 2560. The third kappa shape index (κ3) is 9.81. The summed E-state index contributed by atoms with van der Waals surface area (Å²) in [5.41, 5.74) is 9.66. The number of cyclic esters (lactones) is 1. The van der Waals surface area contributed by atoms with Gasteiger partial charge in [0.15, 0.2) is 0 Å². The summed E-state index contributed by atoms with van der Waals surface area (Å²) in [7, 11) is 3.25. The van der Waals surface area contributed by atoms with Crippen LogP contribution in [0.1, 0.15) is 83.6 Å². The molecule has 0 spiro atoms. The lowest BCUT2D eigenvalue weighted by atomic mass is 9.84. The number of hydrogen-bond acceptors (Lipinski definition) is 10. The topological polar surface area (TPSA) is 176 Å². The van der Waals surface area contributed by atoms with Crippen LogP contribution in [0, 0.1) is 29.6 Å². The largest absolute Gasteiger partial charge is 0.508 e. The van der Waals surface area contributed by atoms with Crippen molar-refractivity contribution in [2.45, 2.75) is 104 Å². The van der Waals surface area contributed by atoms with Crippen LogP contribution in [-0.2, 0) is 52.8 Å². The van der Waals surface area contributed by atoms with Gasteiger partial charge in [-0.15, -0.1) is 6.42 Å². The van der Waals surface area contributed by atoms with Crippen LogP contribution in [0.2, 0.25) is 0 Å².